The van der Waals surface area contributed by atoms with E-state index in [1.54, 1.807) is 6.92 Å². The summed E-state index contributed by atoms with van der Waals surface area (Å²) >= 11 is 0. The van der Waals surface area contributed by atoms with Gasteiger partial charge in [-0.25, -0.2) is 13.4 Å². The van der Waals surface area contributed by atoms with Crippen LogP contribution < -0.4 is 14.9 Å². The van der Waals surface area contributed by atoms with Crippen molar-refractivity contribution in [3.05, 3.63) is 65.7 Å². The molecule has 3 rings (SSSR count). The molecule has 0 spiro atoms. The Morgan fingerprint density at radius 3 is 2.57 bits per heavy atom. The summed E-state index contributed by atoms with van der Waals surface area (Å²) in [4.78, 5) is 4.45. The highest BCUT2D eigenvalue weighted by atomic mass is 32.2. The standard InChI is InChI=1S/C22H30N4O3S/c1-3-23-21(25-17-22(2,27)19-10-5-4-6-11-19)24-14-16-30(28,29)26-15-13-18-9-7-8-12-20(18)26/h4-12,27H,3,13-17H2,1-2H3,(H2,23,24,25). The van der Waals surface area contributed by atoms with Crippen LogP contribution in [0.1, 0.15) is 25.0 Å². The molecule has 1 heterocycles. The number of aliphatic hydroxyl groups is 1. The molecule has 3 N–H and O–H groups in total. The van der Waals surface area contributed by atoms with Crippen molar-refractivity contribution in [1.82, 2.24) is 10.6 Å². The summed E-state index contributed by atoms with van der Waals surface area (Å²) in [5.74, 6) is 0.437. The first-order chi connectivity index (χ1) is 14.3. The van der Waals surface area contributed by atoms with Gasteiger partial charge in [-0.1, -0.05) is 48.5 Å². The van der Waals surface area contributed by atoms with Crippen LogP contribution in [0.2, 0.25) is 0 Å². The van der Waals surface area contributed by atoms with Crippen LogP contribution in [-0.2, 0) is 22.0 Å². The largest absolute Gasteiger partial charge is 0.384 e. The molecule has 0 aliphatic carbocycles. The molecule has 2 aromatic rings. The summed E-state index contributed by atoms with van der Waals surface area (Å²) in [6, 6.07) is 17.0. The van der Waals surface area contributed by atoms with Gasteiger partial charge >= 0.3 is 0 Å². The Bertz CT molecular complexity index is 975. The molecule has 2 aromatic carbocycles. The van der Waals surface area contributed by atoms with Gasteiger partial charge in [-0.05, 0) is 37.5 Å². The van der Waals surface area contributed by atoms with E-state index < -0.39 is 15.6 Å². The Hall–Kier alpha value is -2.58. The highest BCUT2D eigenvalue weighted by molar-refractivity contribution is 7.92. The monoisotopic (exact) mass is 430 g/mol. The summed E-state index contributed by atoms with van der Waals surface area (Å²) in [6.45, 7) is 5.13. The maximum atomic E-state index is 12.8. The van der Waals surface area contributed by atoms with Gasteiger partial charge in [-0.2, -0.15) is 0 Å². The quantitative estimate of drug-likeness (QED) is 0.439. The van der Waals surface area contributed by atoms with Crippen molar-refractivity contribution < 1.29 is 13.5 Å². The molecule has 0 radical (unpaired) electrons. The number of nitrogens with one attached hydrogen (secondary N) is 2. The van der Waals surface area contributed by atoms with Crippen molar-refractivity contribution in [3.8, 4) is 0 Å². The third-order valence-corrected chi connectivity index (χ3v) is 6.89. The van der Waals surface area contributed by atoms with Crippen molar-refractivity contribution in [2.75, 3.05) is 36.2 Å². The van der Waals surface area contributed by atoms with Crippen LogP contribution in [0.15, 0.2) is 59.6 Å². The van der Waals surface area contributed by atoms with Crippen molar-refractivity contribution in [2.45, 2.75) is 25.9 Å². The first-order valence-electron chi connectivity index (χ1n) is 10.2. The maximum absolute atomic E-state index is 12.8. The number of guanidine groups is 1. The van der Waals surface area contributed by atoms with Crippen LogP contribution in [-0.4, -0.2) is 51.4 Å². The molecule has 0 saturated heterocycles. The summed E-state index contributed by atoms with van der Waals surface area (Å²) in [7, 11) is -3.43. The lowest BCUT2D eigenvalue weighted by Crippen LogP contribution is -2.42. The second-order valence-corrected chi connectivity index (χ2v) is 9.54. The van der Waals surface area contributed by atoms with Gasteiger partial charge in [0, 0.05) is 19.6 Å². The van der Waals surface area contributed by atoms with E-state index in [4.69, 9.17) is 0 Å². The third kappa shape index (κ3) is 5.31. The van der Waals surface area contributed by atoms with Gasteiger partial charge in [-0.3, -0.25) is 4.31 Å². The van der Waals surface area contributed by atoms with Crippen molar-refractivity contribution in [1.29, 1.82) is 0 Å². The van der Waals surface area contributed by atoms with Crippen LogP contribution in [0.25, 0.3) is 0 Å². The minimum absolute atomic E-state index is 0.0408. The molecular formula is C22H30N4O3S. The molecule has 8 heteroatoms. The van der Waals surface area contributed by atoms with E-state index >= 15 is 0 Å². The second kappa shape index (κ2) is 9.49. The molecule has 1 atom stereocenters. The Labute approximate surface area is 178 Å². The summed E-state index contributed by atoms with van der Waals surface area (Å²) in [6.07, 6.45) is 0.738. The smallest absolute Gasteiger partial charge is 0.236 e. The van der Waals surface area contributed by atoms with Gasteiger partial charge in [0.05, 0.1) is 18.0 Å². The van der Waals surface area contributed by atoms with Gasteiger partial charge in [0.2, 0.25) is 10.0 Å². The lowest BCUT2D eigenvalue weighted by molar-refractivity contribution is 0.0672. The molecule has 1 unspecified atom stereocenters. The number of hydrogen-bond acceptors (Lipinski definition) is 4. The van der Waals surface area contributed by atoms with Crippen LogP contribution >= 0.6 is 0 Å². The summed E-state index contributed by atoms with van der Waals surface area (Å²) in [5.41, 5.74) is 1.50. The minimum atomic E-state index is -3.43. The molecule has 7 nitrogen and oxygen atoms in total. The molecule has 0 bridgehead atoms. The Kier molecular flexibility index (Phi) is 6.99. The Balaban J connectivity index is 1.60. The Morgan fingerprint density at radius 1 is 1.13 bits per heavy atom. The van der Waals surface area contributed by atoms with Gasteiger partial charge in [0.25, 0.3) is 0 Å². The Morgan fingerprint density at radius 2 is 1.83 bits per heavy atom. The van der Waals surface area contributed by atoms with Crippen molar-refractivity contribution in [3.63, 3.8) is 0 Å². The van der Waals surface area contributed by atoms with Gasteiger partial charge in [-0.15, -0.1) is 0 Å². The van der Waals surface area contributed by atoms with Gasteiger partial charge < -0.3 is 15.7 Å². The predicted octanol–water partition coefficient (Wildman–Crippen LogP) is 1.84. The van der Waals surface area contributed by atoms with E-state index in [0.29, 0.717) is 19.0 Å². The fourth-order valence-electron chi connectivity index (χ4n) is 3.47. The number of nitrogens with zero attached hydrogens (tertiary/aromatic N) is 2. The van der Waals surface area contributed by atoms with E-state index in [2.05, 4.69) is 15.6 Å². The first kappa shape index (κ1) is 22.1. The molecule has 0 aromatic heterocycles. The van der Waals surface area contributed by atoms with Crippen molar-refractivity contribution >= 4 is 21.7 Å². The van der Waals surface area contributed by atoms with E-state index in [9.17, 15) is 13.5 Å². The zero-order chi connectivity index (χ0) is 21.6. The number of hydrogen-bond donors (Lipinski definition) is 3. The normalized spacial score (nSPS) is 16.1. The first-order valence-corrected chi connectivity index (χ1v) is 11.8. The molecule has 0 amide bonds. The molecule has 0 saturated carbocycles. The van der Waals surface area contributed by atoms with E-state index in [1.165, 1.54) is 4.31 Å². The topological polar surface area (TPSA) is 94.0 Å². The van der Waals surface area contributed by atoms with Crippen LogP contribution in [0.4, 0.5) is 5.69 Å². The fourth-order valence-corrected chi connectivity index (χ4v) is 4.90. The number of benzene rings is 2. The number of anilines is 1. The van der Waals surface area contributed by atoms with E-state index in [1.807, 2.05) is 61.5 Å². The number of fused-ring (bicyclic) bond motifs is 1. The highest BCUT2D eigenvalue weighted by Gasteiger charge is 2.28. The van der Waals surface area contributed by atoms with Crippen LogP contribution in [0, 0.1) is 0 Å². The molecule has 162 valence electrons. The molecule has 1 aliphatic rings. The van der Waals surface area contributed by atoms with Gasteiger partial charge in [0.15, 0.2) is 5.96 Å². The second-order valence-electron chi connectivity index (χ2n) is 7.53. The predicted molar refractivity (Wildman–Crippen MR) is 121 cm³/mol. The fraction of sp³-hybridized carbons (Fsp3) is 0.409. The van der Waals surface area contributed by atoms with Crippen molar-refractivity contribution in [2.24, 2.45) is 4.99 Å². The minimum Gasteiger partial charge on any atom is -0.384 e. The molecular weight excluding hydrogens is 400 g/mol. The van der Waals surface area contributed by atoms with Gasteiger partial charge in [0.1, 0.15) is 5.60 Å². The number of sulfonamides is 1. The van der Waals surface area contributed by atoms with Crippen LogP contribution in [0.3, 0.4) is 0 Å². The van der Waals surface area contributed by atoms with Crippen LogP contribution in [0.5, 0.6) is 0 Å². The number of para-hydroxylation sites is 1. The maximum Gasteiger partial charge on any atom is 0.236 e. The number of rotatable bonds is 8. The zero-order valence-corrected chi connectivity index (χ0v) is 18.3. The highest BCUT2D eigenvalue weighted by Crippen LogP contribution is 2.29. The summed E-state index contributed by atoms with van der Waals surface area (Å²) < 4.78 is 27.1. The number of aliphatic imine (C=N–C) groups is 1. The lowest BCUT2D eigenvalue weighted by Gasteiger charge is -2.23. The van der Waals surface area contributed by atoms with E-state index in [-0.39, 0.29) is 18.8 Å². The molecule has 1 aliphatic heterocycles. The molecule has 30 heavy (non-hydrogen) atoms. The average Bonchev–Trinajstić information content (AvgIpc) is 3.18. The average molecular weight is 431 g/mol. The zero-order valence-electron chi connectivity index (χ0n) is 17.5. The third-order valence-electron chi connectivity index (χ3n) is 5.12. The lowest BCUT2D eigenvalue weighted by atomic mass is 9.96. The molecule has 0 fully saturated rings. The SMILES string of the molecule is CCNC(=NCC(C)(O)c1ccccc1)NCCS(=O)(=O)N1CCc2ccccc21. The summed E-state index contributed by atoms with van der Waals surface area (Å²) in [5, 5.41) is 16.9. The van der Waals surface area contributed by atoms with E-state index in [0.717, 1.165) is 23.2 Å².